The van der Waals surface area contributed by atoms with Crippen molar-refractivity contribution in [3.8, 4) is 16.9 Å². The molecule has 0 bridgehead atoms. The zero-order valence-corrected chi connectivity index (χ0v) is 25.7. The number of nitrogens with one attached hydrogen (secondary N) is 3. The Bertz CT molecular complexity index is 1560. The Labute approximate surface area is 252 Å². The first-order valence-corrected chi connectivity index (χ1v) is 14.8. The van der Waals surface area contributed by atoms with Gasteiger partial charge in [0.2, 0.25) is 21.9 Å². The van der Waals surface area contributed by atoms with Crippen LogP contribution in [0.2, 0.25) is 5.02 Å². The number of carbonyl (C=O) groups excluding carboxylic acids is 1. The number of aromatic nitrogens is 3. The summed E-state index contributed by atoms with van der Waals surface area (Å²) < 4.78 is 82.4. The van der Waals surface area contributed by atoms with Crippen LogP contribution in [0, 0.1) is 0 Å². The van der Waals surface area contributed by atoms with Crippen molar-refractivity contribution in [2.45, 2.75) is 50.8 Å². The molecule has 0 aliphatic carbocycles. The summed E-state index contributed by atoms with van der Waals surface area (Å²) in [4.78, 5) is 17.3. The lowest BCUT2D eigenvalue weighted by molar-refractivity contribution is -0.137. The summed E-state index contributed by atoms with van der Waals surface area (Å²) >= 11 is 6.35. The number of ether oxygens (including phenoxy) is 2. The van der Waals surface area contributed by atoms with Crippen LogP contribution in [0.3, 0.4) is 0 Å². The molecule has 1 aromatic heterocycles. The van der Waals surface area contributed by atoms with Gasteiger partial charge in [-0.1, -0.05) is 24.6 Å². The Morgan fingerprint density at radius 2 is 1.86 bits per heavy atom. The first-order valence-electron chi connectivity index (χ1n) is 13.0. The smallest absolute Gasteiger partial charge is 0.417 e. The van der Waals surface area contributed by atoms with Crippen LogP contribution < -0.4 is 20.5 Å². The van der Waals surface area contributed by atoms with Crippen LogP contribution in [0.25, 0.3) is 11.1 Å². The van der Waals surface area contributed by atoms with E-state index in [9.17, 15) is 26.4 Å². The van der Waals surface area contributed by atoms with Crippen LogP contribution in [-0.4, -0.2) is 66.9 Å². The number of hydrogen-bond acceptors (Lipinski definition) is 9. The van der Waals surface area contributed by atoms with Crippen molar-refractivity contribution in [1.29, 1.82) is 0 Å². The number of nitrogens with zero attached hydrogens (tertiary/aromatic N) is 3. The number of amides is 1. The van der Waals surface area contributed by atoms with Crippen molar-refractivity contribution in [2.24, 2.45) is 0 Å². The molecule has 0 aliphatic rings. The van der Waals surface area contributed by atoms with Crippen molar-refractivity contribution >= 4 is 45.3 Å². The van der Waals surface area contributed by atoms with E-state index >= 15 is 0 Å². The van der Waals surface area contributed by atoms with Gasteiger partial charge in [-0.15, -0.1) is 5.10 Å². The molecule has 0 atom stereocenters. The number of hydrogen-bond donors (Lipinski definition) is 4. The van der Waals surface area contributed by atoms with Crippen molar-refractivity contribution in [2.75, 3.05) is 37.8 Å². The summed E-state index contributed by atoms with van der Waals surface area (Å²) in [5, 5.41) is 8.35. The molecule has 0 spiro atoms. The van der Waals surface area contributed by atoms with E-state index in [2.05, 4.69) is 25.2 Å². The normalized spacial score (nSPS) is 12.2. The van der Waals surface area contributed by atoms with E-state index in [1.54, 1.807) is 20.8 Å². The molecule has 236 valence electrons. The van der Waals surface area contributed by atoms with Gasteiger partial charge in [0.05, 0.1) is 17.7 Å². The molecule has 0 saturated carbocycles. The number of H-pyrrole nitrogens is 1. The molecular formula is C26H33ClF3N7O5S. The number of halogens is 4. The van der Waals surface area contributed by atoms with E-state index < -0.39 is 43.9 Å². The Hall–Kier alpha value is -3.76. The van der Waals surface area contributed by atoms with Gasteiger partial charge >= 0.3 is 12.3 Å². The second kappa shape index (κ2) is 13.3. The van der Waals surface area contributed by atoms with Crippen molar-refractivity contribution in [1.82, 2.24) is 24.8 Å². The first-order chi connectivity index (χ1) is 19.9. The first kappa shape index (κ1) is 33.7. The standard InChI is InChI=1S/C26H33ClF3N7O5S/c1-6-10-37(24(38)42-25(2,3)4)11-9-32-43(39,40)20-12-15(7-8-19(20)41-5)21-17(26(28,29)30)13-16(14-18(21)27)33-23-34-22(31)35-36-23/h7-8,12-14,32H,6,9-11H2,1-5H3,(H4,31,33,34,35,36). The molecule has 0 saturated heterocycles. The van der Waals surface area contributed by atoms with Crippen LogP contribution in [0.4, 0.5) is 35.5 Å². The number of alkyl halides is 3. The Morgan fingerprint density at radius 3 is 2.42 bits per heavy atom. The minimum atomic E-state index is -4.88. The van der Waals surface area contributed by atoms with Crippen LogP contribution in [0.15, 0.2) is 35.2 Å². The Kier molecular flexibility index (Phi) is 10.4. The molecule has 0 radical (unpaired) electrons. The van der Waals surface area contributed by atoms with E-state index in [4.69, 9.17) is 26.8 Å². The predicted octanol–water partition coefficient (Wildman–Crippen LogP) is 5.40. The highest BCUT2D eigenvalue weighted by Crippen LogP contribution is 2.44. The number of rotatable bonds is 11. The molecule has 1 amide bonds. The summed E-state index contributed by atoms with van der Waals surface area (Å²) in [5.41, 5.74) is 2.92. The Morgan fingerprint density at radius 1 is 1.16 bits per heavy atom. The predicted molar refractivity (Wildman–Crippen MR) is 156 cm³/mol. The fourth-order valence-electron chi connectivity index (χ4n) is 3.98. The number of carbonyl (C=O) groups is 1. The van der Waals surface area contributed by atoms with Gasteiger partial charge in [0, 0.05) is 30.9 Å². The molecule has 43 heavy (non-hydrogen) atoms. The zero-order chi connectivity index (χ0) is 32.2. The van der Waals surface area contributed by atoms with Crippen molar-refractivity contribution in [3.63, 3.8) is 0 Å². The number of aromatic amines is 1. The minimum Gasteiger partial charge on any atom is -0.495 e. The molecule has 3 rings (SSSR count). The molecule has 0 fully saturated rings. The maximum atomic E-state index is 14.2. The van der Waals surface area contributed by atoms with Gasteiger partial charge in [-0.2, -0.15) is 18.2 Å². The van der Waals surface area contributed by atoms with Crippen LogP contribution in [0.1, 0.15) is 39.7 Å². The van der Waals surface area contributed by atoms with E-state index in [0.29, 0.717) is 13.0 Å². The monoisotopic (exact) mass is 647 g/mol. The van der Waals surface area contributed by atoms with Gasteiger partial charge in [-0.05, 0) is 57.0 Å². The quantitative estimate of drug-likeness (QED) is 0.213. The summed E-state index contributed by atoms with van der Waals surface area (Å²) in [6, 6.07) is 5.55. The van der Waals surface area contributed by atoms with Gasteiger partial charge in [0.25, 0.3) is 0 Å². The lowest BCUT2D eigenvalue weighted by Crippen LogP contribution is -2.41. The molecule has 5 N–H and O–H groups in total. The average Bonchev–Trinajstić information content (AvgIpc) is 3.30. The third-order valence-corrected chi connectivity index (χ3v) is 7.50. The molecule has 12 nitrogen and oxygen atoms in total. The van der Waals surface area contributed by atoms with E-state index in [-0.39, 0.29) is 47.0 Å². The SMILES string of the molecule is CCCN(CCNS(=O)(=O)c1cc(-c2c(Cl)cc(Nc3n[nH]c(N)n3)cc2C(F)(F)F)ccc1OC)C(=O)OC(C)(C)C. The molecule has 17 heteroatoms. The molecule has 3 aromatic rings. The Balaban J connectivity index is 1.95. The van der Waals surface area contributed by atoms with E-state index in [1.165, 1.54) is 30.2 Å². The molecule has 1 heterocycles. The lowest BCUT2D eigenvalue weighted by atomic mass is 9.98. The highest BCUT2D eigenvalue weighted by Gasteiger charge is 2.36. The van der Waals surface area contributed by atoms with Crippen molar-refractivity contribution < 1.29 is 35.9 Å². The van der Waals surface area contributed by atoms with Gasteiger partial charge in [0.15, 0.2) is 0 Å². The second-order valence-corrected chi connectivity index (χ2v) is 12.4. The number of anilines is 3. The van der Waals surface area contributed by atoms with Crippen LogP contribution in [-0.2, 0) is 20.9 Å². The summed E-state index contributed by atoms with van der Waals surface area (Å²) in [7, 11) is -3.11. The van der Waals surface area contributed by atoms with Crippen molar-refractivity contribution in [3.05, 3.63) is 40.9 Å². The van der Waals surface area contributed by atoms with Gasteiger partial charge < -0.3 is 25.4 Å². The fraction of sp³-hybridized carbons (Fsp3) is 0.423. The second-order valence-electron chi connectivity index (χ2n) is 10.3. The average molecular weight is 648 g/mol. The molecular weight excluding hydrogens is 615 g/mol. The number of nitrogen functional groups attached to an aromatic ring is 1. The fourth-order valence-corrected chi connectivity index (χ4v) is 5.52. The highest BCUT2D eigenvalue weighted by molar-refractivity contribution is 7.89. The molecule has 0 aliphatic heterocycles. The molecule has 2 aromatic carbocycles. The number of benzene rings is 2. The number of methoxy groups -OCH3 is 1. The zero-order valence-electron chi connectivity index (χ0n) is 24.1. The maximum absolute atomic E-state index is 14.2. The van der Waals surface area contributed by atoms with Crippen LogP contribution >= 0.6 is 11.6 Å². The van der Waals surface area contributed by atoms with E-state index in [0.717, 1.165) is 12.1 Å². The van der Waals surface area contributed by atoms with Crippen LogP contribution in [0.5, 0.6) is 5.75 Å². The topological polar surface area (TPSA) is 165 Å². The largest absolute Gasteiger partial charge is 0.495 e. The van der Waals surface area contributed by atoms with Gasteiger partial charge in [0.1, 0.15) is 16.2 Å². The third kappa shape index (κ3) is 8.87. The summed E-state index contributed by atoms with van der Waals surface area (Å²) in [6.07, 6.45) is -4.88. The lowest BCUT2D eigenvalue weighted by Gasteiger charge is -2.27. The summed E-state index contributed by atoms with van der Waals surface area (Å²) in [5.74, 6) is -0.244. The van der Waals surface area contributed by atoms with Gasteiger partial charge in [-0.25, -0.2) is 23.0 Å². The number of nitrogens with two attached hydrogens (primary N) is 1. The minimum absolute atomic E-state index is 0.0149. The maximum Gasteiger partial charge on any atom is 0.417 e. The number of sulfonamides is 1. The molecule has 0 unspecified atom stereocenters. The third-order valence-electron chi connectivity index (χ3n) is 5.72. The highest BCUT2D eigenvalue weighted by atomic mass is 35.5. The van der Waals surface area contributed by atoms with E-state index in [1.807, 2.05) is 6.92 Å². The summed E-state index contributed by atoms with van der Waals surface area (Å²) in [6.45, 7) is 7.10. The van der Waals surface area contributed by atoms with Gasteiger partial charge in [-0.3, -0.25) is 0 Å².